The number of anilines is 1. The van der Waals surface area contributed by atoms with Crippen molar-refractivity contribution in [2.75, 3.05) is 18.0 Å². The molecule has 4 nitrogen and oxygen atoms in total. The molecule has 0 atom stereocenters. The molecule has 1 radical (unpaired) electrons. The quantitative estimate of drug-likeness (QED) is 0.885. The second-order valence-corrected chi connectivity index (χ2v) is 5.74. The summed E-state index contributed by atoms with van der Waals surface area (Å²) in [5.41, 5.74) is 2.03. The van der Waals surface area contributed by atoms with Crippen LogP contribution in [-0.2, 0) is 12.8 Å². The third-order valence-corrected chi connectivity index (χ3v) is 4.50. The zero-order chi connectivity index (χ0) is 13.2. The average molecular weight is 260 g/mol. The highest BCUT2D eigenvalue weighted by Gasteiger charge is 2.22. The fraction of sp³-hybridized carbons (Fsp3) is 0.667. The second kappa shape index (κ2) is 5.35. The van der Waals surface area contributed by atoms with E-state index in [1.807, 2.05) is 0 Å². The zero-order valence-corrected chi connectivity index (χ0v) is 11.5. The van der Waals surface area contributed by atoms with E-state index in [0.29, 0.717) is 0 Å². The highest BCUT2D eigenvalue weighted by molar-refractivity contribution is 5.34. The van der Waals surface area contributed by atoms with Gasteiger partial charge in [0.2, 0.25) is 5.95 Å². The summed E-state index contributed by atoms with van der Waals surface area (Å²) in [6.07, 6.45) is 7.46. The highest BCUT2D eigenvalue weighted by Crippen LogP contribution is 2.23. The van der Waals surface area contributed by atoms with Gasteiger partial charge in [0.1, 0.15) is 0 Å². The third kappa shape index (κ3) is 2.53. The standard InChI is InChI=1S/C15H22N3O/c1-2-11-7-9-18(10-8-11)15-16-13-6-4-3-5-12(13)14(19)17-15/h11H,1-10H2,(H,16,17,19). The number of nitrogens with one attached hydrogen (secondary N) is 1. The van der Waals surface area contributed by atoms with Crippen LogP contribution in [-0.4, -0.2) is 23.1 Å². The van der Waals surface area contributed by atoms with Gasteiger partial charge in [-0.3, -0.25) is 9.78 Å². The molecule has 4 heteroatoms. The normalized spacial score (nSPS) is 20.4. The van der Waals surface area contributed by atoms with Crippen LogP contribution in [0.5, 0.6) is 0 Å². The predicted molar refractivity (Wildman–Crippen MR) is 76.4 cm³/mol. The molecule has 1 aliphatic heterocycles. The van der Waals surface area contributed by atoms with E-state index in [1.54, 1.807) is 0 Å². The maximum atomic E-state index is 12.1. The Balaban J connectivity index is 1.82. The van der Waals surface area contributed by atoms with E-state index in [0.717, 1.165) is 81.2 Å². The van der Waals surface area contributed by atoms with Gasteiger partial charge in [-0.2, -0.15) is 0 Å². The largest absolute Gasteiger partial charge is 0.342 e. The van der Waals surface area contributed by atoms with Crippen LogP contribution in [0.4, 0.5) is 5.95 Å². The molecular weight excluding hydrogens is 238 g/mol. The fourth-order valence-corrected chi connectivity index (χ4v) is 3.17. The van der Waals surface area contributed by atoms with Crippen LogP contribution in [0.3, 0.4) is 0 Å². The van der Waals surface area contributed by atoms with Crippen LogP contribution in [0.2, 0.25) is 0 Å². The maximum Gasteiger partial charge on any atom is 0.255 e. The van der Waals surface area contributed by atoms with Gasteiger partial charge in [0.25, 0.3) is 5.56 Å². The highest BCUT2D eigenvalue weighted by atomic mass is 16.1. The Labute approximate surface area is 114 Å². The molecule has 0 bridgehead atoms. The van der Waals surface area contributed by atoms with Crippen molar-refractivity contribution in [3.63, 3.8) is 0 Å². The summed E-state index contributed by atoms with van der Waals surface area (Å²) in [6, 6.07) is 0. The van der Waals surface area contributed by atoms with Crippen LogP contribution >= 0.6 is 0 Å². The first kappa shape index (κ1) is 12.7. The summed E-state index contributed by atoms with van der Waals surface area (Å²) < 4.78 is 0. The molecule has 1 aliphatic carbocycles. The van der Waals surface area contributed by atoms with E-state index in [4.69, 9.17) is 4.98 Å². The number of piperidine rings is 1. The molecule has 1 aromatic rings. The average Bonchev–Trinajstić information content (AvgIpc) is 2.47. The first-order valence-electron chi connectivity index (χ1n) is 7.44. The van der Waals surface area contributed by atoms with Crippen LogP contribution in [0, 0.1) is 12.8 Å². The lowest BCUT2D eigenvalue weighted by Crippen LogP contribution is -2.36. The summed E-state index contributed by atoms with van der Waals surface area (Å²) in [5.74, 6) is 1.52. The molecule has 0 amide bonds. The Morgan fingerprint density at radius 3 is 2.74 bits per heavy atom. The number of aryl methyl sites for hydroxylation is 1. The van der Waals surface area contributed by atoms with Crippen molar-refractivity contribution in [2.45, 2.75) is 44.9 Å². The summed E-state index contributed by atoms with van der Waals surface area (Å²) in [6.45, 7) is 5.96. The maximum absolute atomic E-state index is 12.1. The number of nitrogens with zero attached hydrogens (tertiary/aromatic N) is 2. The van der Waals surface area contributed by atoms with Crippen molar-refractivity contribution in [1.82, 2.24) is 9.97 Å². The molecule has 0 unspecified atom stereocenters. The predicted octanol–water partition coefficient (Wildman–Crippen LogP) is 2.09. The van der Waals surface area contributed by atoms with Crippen molar-refractivity contribution in [3.05, 3.63) is 28.5 Å². The van der Waals surface area contributed by atoms with Crippen molar-refractivity contribution in [3.8, 4) is 0 Å². The summed E-state index contributed by atoms with van der Waals surface area (Å²) in [5, 5.41) is 0. The molecular formula is C15H22N3O. The van der Waals surface area contributed by atoms with Crippen molar-refractivity contribution < 1.29 is 0 Å². The van der Waals surface area contributed by atoms with Crippen LogP contribution in [0.25, 0.3) is 0 Å². The van der Waals surface area contributed by atoms with Crippen molar-refractivity contribution >= 4 is 5.95 Å². The molecule has 2 heterocycles. The number of hydrogen-bond acceptors (Lipinski definition) is 3. The number of fused-ring (bicyclic) bond motifs is 1. The molecule has 1 aromatic heterocycles. The van der Waals surface area contributed by atoms with Gasteiger partial charge in [0, 0.05) is 18.7 Å². The summed E-state index contributed by atoms with van der Waals surface area (Å²) in [7, 11) is 0. The Morgan fingerprint density at radius 2 is 2.00 bits per heavy atom. The fourth-order valence-electron chi connectivity index (χ4n) is 3.17. The Bertz CT molecular complexity index is 501. The smallest absolute Gasteiger partial charge is 0.255 e. The van der Waals surface area contributed by atoms with E-state index in [1.165, 1.54) is 0 Å². The van der Waals surface area contributed by atoms with Crippen LogP contribution < -0.4 is 10.5 Å². The van der Waals surface area contributed by atoms with Gasteiger partial charge < -0.3 is 4.90 Å². The molecule has 1 N–H and O–H groups in total. The van der Waals surface area contributed by atoms with E-state index in [9.17, 15) is 4.79 Å². The van der Waals surface area contributed by atoms with Gasteiger partial charge >= 0.3 is 0 Å². The minimum absolute atomic E-state index is 0.0824. The van der Waals surface area contributed by atoms with E-state index < -0.39 is 0 Å². The number of hydrogen-bond donors (Lipinski definition) is 1. The van der Waals surface area contributed by atoms with Gasteiger partial charge in [0.15, 0.2) is 0 Å². The Morgan fingerprint density at radius 1 is 1.26 bits per heavy atom. The van der Waals surface area contributed by atoms with E-state index >= 15 is 0 Å². The number of rotatable bonds is 2. The van der Waals surface area contributed by atoms with Gasteiger partial charge in [0.05, 0.1) is 5.69 Å². The molecule has 103 valence electrons. The van der Waals surface area contributed by atoms with E-state index in [2.05, 4.69) is 16.8 Å². The molecule has 0 spiro atoms. The number of aromatic amines is 1. The second-order valence-electron chi connectivity index (χ2n) is 5.74. The third-order valence-electron chi connectivity index (χ3n) is 4.50. The van der Waals surface area contributed by atoms with Gasteiger partial charge in [-0.1, -0.05) is 13.3 Å². The molecule has 19 heavy (non-hydrogen) atoms. The Kier molecular flexibility index (Phi) is 3.58. The van der Waals surface area contributed by atoms with Gasteiger partial charge in [-0.15, -0.1) is 0 Å². The van der Waals surface area contributed by atoms with E-state index in [-0.39, 0.29) is 5.56 Å². The monoisotopic (exact) mass is 260 g/mol. The molecule has 0 aromatic carbocycles. The van der Waals surface area contributed by atoms with Crippen molar-refractivity contribution in [1.29, 1.82) is 0 Å². The Hall–Kier alpha value is -1.32. The zero-order valence-electron chi connectivity index (χ0n) is 11.5. The molecule has 2 aliphatic rings. The number of aromatic nitrogens is 2. The van der Waals surface area contributed by atoms with Crippen LogP contribution in [0.15, 0.2) is 4.79 Å². The summed E-state index contributed by atoms with van der Waals surface area (Å²) in [4.78, 5) is 22.0. The minimum Gasteiger partial charge on any atom is -0.342 e. The lowest BCUT2D eigenvalue weighted by atomic mass is 9.94. The molecule has 1 saturated heterocycles. The first-order valence-corrected chi connectivity index (χ1v) is 7.44. The molecule has 1 fully saturated rings. The van der Waals surface area contributed by atoms with Gasteiger partial charge in [-0.25, -0.2) is 4.98 Å². The lowest BCUT2D eigenvalue weighted by molar-refractivity contribution is 0.404. The van der Waals surface area contributed by atoms with Gasteiger partial charge in [-0.05, 0) is 44.4 Å². The summed E-state index contributed by atoms with van der Waals surface area (Å²) >= 11 is 0. The topological polar surface area (TPSA) is 49.0 Å². The lowest BCUT2D eigenvalue weighted by Gasteiger charge is -2.32. The molecule has 3 rings (SSSR count). The van der Waals surface area contributed by atoms with Crippen LogP contribution in [0.1, 0.15) is 43.4 Å². The SMILES string of the molecule is [CH2]CC1CCN(c2nc3c(c(=O)[nH]2)CCCC3)CC1. The molecule has 0 saturated carbocycles. The first-order chi connectivity index (χ1) is 9.28. The van der Waals surface area contributed by atoms with Crippen molar-refractivity contribution in [2.24, 2.45) is 5.92 Å². The number of H-pyrrole nitrogens is 1. The minimum atomic E-state index is 0.0824.